The summed E-state index contributed by atoms with van der Waals surface area (Å²) in [5.41, 5.74) is 1.04. The molecule has 6 heteroatoms. The molecule has 0 spiro atoms. The van der Waals surface area contributed by atoms with Crippen LogP contribution in [-0.2, 0) is 0 Å². The average molecular weight is 212 g/mol. The third-order valence-electron chi connectivity index (χ3n) is 1.85. The molecule has 14 heavy (non-hydrogen) atoms. The van der Waals surface area contributed by atoms with Crippen LogP contribution in [0.15, 0.2) is 12.4 Å². The van der Waals surface area contributed by atoms with Crippen molar-refractivity contribution in [3.63, 3.8) is 0 Å². The van der Waals surface area contributed by atoms with E-state index in [0.29, 0.717) is 11.3 Å². The molecule has 0 fully saturated rings. The van der Waals surface area contributed by atoms with Crippen molar-refractivity contribution in [2.45, 2.75) is 6.92 Å². The van der Waals surface area contributed by atoms with E-state index in [1.54, 1.807) is 6.92 Å². The van der Waals surface area contributed by atoms with Crippen molar-refractivity contribution in [1.82, 2.24) is 14.4 Å². The maximum Gasteiger partial charge on any atom is 0.354 e. The summed E-state index contributed by atoms with van der Waals surface area (Å²) in [6.07, 6.45) is 2.86. The molecule has 0 aromatic carbocycles. The second kappa shape index (κ2) is 2.95. The number of imidazole rings is 1. The quantitative estimate of drug-likeness (QED) is 0.774. The summed E-state index contributed by atoms with van der Waals surface area (Å²) < 4.78 is 1.41. The van der Waals surface area contributed by atoms with E-state index in [4.69, 9.17) is 16.7 Å². The molecule has 1 N–H and O–H groups in total. The van der Waals surface area contributed by atoms with Crippen molar-refractivity contribution in [2.24, 2.45) is 0 Å². The molecule has 2 heterocycles. The molecule has 0 aliphatic heterocycles. The van der Waals surface area contributed by atoms with Gasteiger partial charge in [-0.05, 0) is 6.92 Å². The number of hydrogen-bond acceptors (Lipinski definition) is 3. The fraction of sp³-hybridized carbons (Fsp3) is 0.125. The predicted octanol–water partition coefficient (Wildman–Crippen LogP) is 1.39. The molecule has 0 aliphatic carbocycles. The molecule has 0 atom stereocenters. The van der Waals surface area contributed by atoms with Gasteiger partial charge in [-0.15, -0.1) is 0 Å². The lowest BCUT2D eigenvalue weighted by Crippen LogP contribution is -2.03. The first-order valence-electron chi connectivity index (χ1n) is 3.83. The Hall–Kier alpha value is -1.62. The van der Waals surface area contributed by atoms with Crippen LogP contribution in [0.25, 0.3) is 5.65 Å². The van der Waals surface area contributed by atoms with E-state index >= 15 is 0 Å². The van der Waals surface area contributed by atoms with Crippen LogP contribution >= 0.6 is 11.6 Å². The smallest absolute Gasteiger partial charge is 0.354 e. The average Bonchev–Trinajstić information content (AvgIpc) is 2.40. The number of halogens is 1. The second-order valence-corrected chi connectivity index (χ2v) is 3.18. The lowest BCUT2D eigenvalue weighted by atomic mass is 10.3. The maximum atomic E-state index is 10.9. The van der Waals surface area contributed by atoms with E-state index in [1.807, 2.05) is 0 Å². The summed E-state index contributed by atoms with van der Waals surface area (Å²) >= 11 is 5.65. The number of aromatic carboxylic acids is 1. The first-order chi connectivity index (χ1) is 6.59. The Balaban J connectivity index is 2.86. The molecule has 0 bridgehead atoms. The SMILES string of the molecule is Cc1nc2cnc(Cl)cn2c1C(=O)O. The zero-order valence-electron chi connectivity index (χ0n) is 7.23. The topological polar surface area (TPSA) is 67.5 Å². The summed E-state index contributed by atoms with van der Waals surface area (Å²) in [4.78, 5) is 18.7. The zero-order valence-corrected chi connectivity index (χ0v) is 7.99. The Kier molecular flexibility index (Phi) is 1.89. The van der Waals surface area contributed by atoms with Crippen LogP contribution in [-0.4, -0.2) is 25.4 Å². The van der Waals surface area contributed by atoms with E-state index < -0.39 is 5.97 Å². The highest BCUT2D eigenvalue weighted by Gasteiger charge is 2.15. The molecule has 0 amide bonds. The Bertz CT molecular complexity index is 521. The first-order valence-corrected chi connectivity index (χ1v) is 4.21. The van der Waals surface area contributed by atoms with Gasteiger partial charge in [0, 0.05) is 6.20 Å². The number of carbonyl (C=O) groups is 1. The van der Waals surface area contributed by atoms with Crippen LogP contribution in [0.4, 0.5) is 0 Å². The number of rotatable bonds is 1. The molecule has 0 aliphatic rings. The van der Waals surface area contributed by atoms with E-state index in [2.05, 4.69) is 9.97 Å². The van der Waals surface area contributed by atoms with Gasteiger partial charge in [-0.2, -0.15) is 0 Å². The molecule has 2 aromatic heterocycles. The Labute approximate surface area is 84.0 Å². The van der Waals surface area contributed by atoms with Crippen LogP contribution in [0.5, 0.6) is 0 Å². The standard InChI is InChI=1S/C8H6ClN3O2/c1-4-7(8(13)14)12-3-5(9)10-2-6(12)11-4/h2-3H,1H3,(H,13,14). The molecule has 0 saturated carbocycles. The van der Waals surface area contributed by atoms with Gasteiger partial charge in [-0.3, -0.25) is 4.40 Å². The van der Waals surface area contributed by atoms with Gasteiger partial charge < -0.3 is 5.11 Å². The fourth-order valence-corrected chi connectivity index (χ4v) is 1.45. The largest absolute Gasteiger partial charge is 0.477 e. The van der Waals surface area contributed by atoms with Crippen molar-refractivity contribution in [2.75, 3.05) is 0 Å². The van der Waals surface area contributed by atoms with E-state index in [1.165, 1.54) is 16.8 Å². The van der Waals surface area contributed by atoms with Gasteiger partial charge in [0.15, 0.2) is 11.3 Å². The third kappa shape index (κ3) is 1.22. The number of hydrogen-bond donors (Lipinski definition) is 1. The van der Waals surface area contributed by atoms with Gasteiger partial charge in [-0.25, -0.2) is 14.8 Å². The number of aryl methyl sites for hydroxylation is 1. The lowest BCUT2D eigenvalue weighted by molar-refractivity contribution is 0.0688. The number of nitrogens with zero attached hydrogens (tertiary/aromatic N) is 3. The Morgan fingerprint density at radius 2 is 2.36 bits per heavy atom. The van der Waals surface area contributed by atoms with Crippen LogP contribution < -0.4 is 0 Å². The van der Waals surface area contributed by atoms with Crippen LogP contribution in [0.2, 0.25) is 5.15 Å². The Morgan fingerprint density at radius 3 is 3.00 bits per heavy atom. The number of carboxylic acid groups (broad SMARTS) is 1. The first kappa shape index (κ1) is 8.96. The Morgan fingerprint density at radius 1 is 1.64 bits per heavy atom. The van der Waals surface area contributed by atoms with Gasteiger partial charge in [0.2, 0.25) is 0 Å². The zero-order chi connectivity index (χ0) is 10.3. The van der Waals surface area contributed by atoms with E-state index in [-0.39, 0.29) is 10.8 Å². The highest BCUT2D eigenvalue weighted by Crippen LogP contribution is 2.13. The third-order valence-corrected chi connectivity index (χ3v) is 2.05. The van der Waals surface area contributed by atoms with Crippen LogP contribution in [0.3, 0.4) is 0 Å². The molecule has 72 valence electrons. The molecule has 2 aromatic rings. The summed E-state index contributed by atoms with van der Waals surface area (Å²) in [6.45, 7) is 1.63. The minimum absolute atomic E-state index is 0.115. The van der Waals surface area contributed by atoms with Crippen molar-refractivity contribution in [3.05, 3.63) is 28.9 Å². The lowest BCUT2D eigenvalue weighted by Gasteiger charge is -1.96. The molecule has 2 rings (SSSR count). The van der Waals surface area contributed by atoms with Crippen molar-refractivity contribution in [1.29, 1.82) is 0 Å². The van der Waals surface area contributed by atoms with Gasteiger partial charge in [0.1, 0.15) is 5.15 Å². The number of fused-ring (bicyclic) bond motifs is 1. The normalized spacial score (nSPS) is 10.7. The van der Waals surface area contributed by atoms with Crippen molar-refractivity contribution < 1.29 is 9.90 Å². The highest BCUT2D eigenvalue weighted by molar-refractivity contribution is 6.29. The highest BCUT2D eigenvalue weighted by atomic mass is 35.5. The minimum Gasteiger partial charge on any atom is -0.477 e. The molecular weight excluding hydrogens is 206 g/mol. The molecule has 0 radical (unpaired) electrons. The fourth-order valence-electron chi connectivity index (χ4n) is 1.31. The number of carboxylic acids is 1. The van der Waals surface area contributed by atoms with Crippen LogP contribution in [0.1, 0.15) is 16.2 Å². The van der Waals surface area contributed by atoms with Gasteiger partial charge in [0.25, 0.3) is 0 Å². The molecule has 5 nitrogen and oxygen atoms in total. The summed E-state index contributed by atoms with van der Waals surface area (Å²) in [7, 11) is 0. The van der Waals surface area contributed by atoms with Crippen molar-refractivity contribution >= 4 is 23.2 Å². The molecule has 0 saturated heterocycles. The van der Waals surface area contributed by atoms with Gasteiger partial charge in [-0.1, -0.05) is 11.6 Å². The second-order valence-electron chi connectivity index (χ2n) is 2.79. The van der Waals surface area contributed by atoms with E-state index in [9.17, 15) is 4.79 Å². The van der Waals surface area contributed by atoms with Gasteiger partial charge >= 0.3 is 5.97 Å². The monoisotopic (exact) mass is 211 g/mol. The maximum absolute atomic E-state index is 10.9. The van der Waals surface area contributed by atoms with E-state index in [0.717, 1.165) is 0 Å². The van der Waals surface area contributed by atoms with Gasteiger partial charge in [0.05, 0.1) is 11.9 Å². The summed E-state index contributed by atoms with van der Waals surface area (Å²) in [6, 6.07) is 0. The molecule has 0 unspecified atom stereocenters. The van der Waals surface area contributed by atoms with Crippen LogP contribution in [0, 0.1) is 6.92 Å². The molecular formula is C8H6ClN3O2. The minimum atomic E-state index is -1.03. The number of aromatic nitrogens is 3. The van der Waals surface area contributed by atoms with Crippen molar-refractivity contribution in [3.8, 4) is 0 Å². The summed E-state index contributed by atoms with van der Waals surface area (Å²) in [5.74, 6) is -1.03. The predicted molar refractivity (Wildman–Crippen MR) is 49.7 cm³/mol. The summed E-state index contributed by atoms with van der Waals surface area (Å²) in [5, 5.41) is 9.15.